The van der Waals surface area contributed by atoms with E-state index in [0.717, 1.165) is 5.56 Å². The Morgan fingerprint density at radius 3 is 2.96 bits per heavy atom. The van der Waals surface area contributed by atoms with E-state index in [1.54, 1.807) is 29.2 Å². The van der Waals surface area contributed by atoms with Crippen LogP contribution in [0.25, 0.3) is 0 Å². The summed E-state index contributed by atoms with van der Waals surface area (Å²) in [6, 6.07) is 6.28. The zero-order chi connectivity index (χ0) is 17.6. The Balaban J connectivity index is 1.69. The van der Waals surface area contributed by atoms with E-state index in [0.29, 0.717) is 35.6 Å². The molecule has 0 aliphatic heterocycles. The molecule has 0 bridgehead atoms. The van der Waals surface area contributed by atoms with Gasteiger partial charge in [-0.25, -0.2) is 9.37 Å². The van der Waals surface area contributed by atoms with E-state index in [2.05, 4.69) is 25.7 Å². The minimum absolute atomic E-state index is 0.00666. The number of aliphatic hydroxyl groups is 1. The minimum atomic E-state index is -0.296. The number of aliphatic hydroxyl groups excluding tert-OH is 1. The fourth-order valence-corrected chi connectivity index (χ4v) is 2.32. The monoisotopic (exact) mass is 362 g/mol. The maximum atomic E-state index is 13.2. The van der Waals surface area contributed by atoms with Crippen LogP contribution in [0.2, 0.25) is 5.02 Å². The average molecular weight is 363 g/mol. The van der Waals surface area contributed by atoms with E-state index in [-0.39, 0.29) is 12.4 Å². The normalized spacial score (nSPS) is 10.7. The van der Waals surface area contributed by atoms with Gasteiger partial charge in [0.25, 0.3) is 0 Å². The topological polar surface area (TPSA) is 87.9 Å². The third-order valence-electron chi connectivity index (χ3n) is 3.31. The SMILES string of the molecule is OCCn1cc(Nc2ncc(Cl)c(NCc3cccc(F)c3)n2)cn1. The van der Waals surface area contributed by atoms with Gasteiger partial charge in [0, 0.05) is 12.7 Å². The number of nitrogens with one attached hydrogen (secondary N) is 2. The molecule has 3 aromatic rings. The van der Waals surface area contributed by atoms with Crippen LogP contribution in [0.5, 0.6) is 0 Å². The molecule has 130 valence electrons. The maximum absolute atomic E-state index is 13.2. The highest BCUT2D eigenvalue weighted by molar-refractivity contribution is 6.32. The molecule has 25 heavy (non-hydrogen) atoms. The van der Waals surface area contributed by atoms with Crippen LogP contribution in [0, 0.1) is 5.82 Å². The molecule has 0 atom stereocenters. The zero-order valence-corrected chi connectivity index (χ0v) is 13.9. The van der Waals surface area contributed by atoms with E-state index in [1.807, 2.05) is 0 Å². The van der Waals surface area contributed by atoms with E-state index in [1.165, 1.54) is 18.3 Å². The molecule has 0 amide bonds. The summed E-state index contributed by atoms with van der Waals surface area (Å²) in [5.74, 6) is 0.483. The van der Waals surface area contributed by atoms with Gasteiger partial charge in [0.05, 0.1) is 31.2 Å². The lowest BCUT2D eigenvalue weighted by molar-refractivity contribution is 0.269. The Bertz CT molecular complexity index is 856. The highest BCUT2D eigenvalue weighted by Gasteiger charge is 2.07. The minimum Gasteiger partial charge on any atom is -0.394 e. The summed E-state index contributed by atoms with van der Waals surface area (Å²) in [6.45, 7) is 0.790. The standard InChI is InChI=1S/C16H16ClFN6O/c17-14-9-20-16(22-13-8-21-24(10-13)4-5-25)23-15(14)19-7-11-2-1-3-12(18)6-11/h1-3,6,8-10,25H,4-5,7H2,(H2,19,20,22,23). The average Bonchev–Trinajstić information content (AvgIpc) is 3.03. The molecule has 0 fully saturated rings. The largest absolute Gasteiger partial charge is 0.394 e. The van der Waals surface area contributed by atoms with E-state index in [4.69, 9.17) is 16.7 Å². The number of benzene rings is 1. The van der Waals surface area contributed by atoms with E-state index >= 15 is 0 Å². The van der Waals surface area contributed by atoms with Crippen LogP contribution in [0.3, 0.4) is 0 Å². The number of hydrogen-bond acceptors (Lipinski definition) is 6. The molecule has 3 N–H and O–H groups in total. The number of rotatable bonds is 7. The Hall–Kier alpha value is -2.71. The smallest absolute Gasteiger partial charge is 0.229 e. The van der Waals surface area contributed by atoms with Crippen molar-refractivity contribution in [2.24, 2.45) is 0 Å². The van der Waals surface area contributed by atoms with Crippen LogP contribution >= 0.6 is 11.6 Å². The van der Waals surface area contributed by atoms with Crippen molar-refractivity contribution in [1.29, 1.82) is 0 Å². The zero-order valence-electron chi connectivity index (χ0n) is 13.2. The van der Waals surface area contributed by atoms with Crippen LogP contribution in [-0.4, -0.2) is 31.5 Å². The Kier molecular flexibility index (Phi) is 5.42. The van der Waals surface area contributed by atoms with Crippen LogP contribution in [0.15, 0.2) is 42.9 Å². The van der Waals surface area contributed by atoms with Crippen molar-refractivity contribution in [2.75, 3.05) is 17.2 Å². The summed E-state index contributed by atoms with van der Waals surface area (Å²) in [5, 5.41) is 19.4. The lowest BCUT2D eigenvalue weighted by atomic mass is 10.2. The van der Waals surface area contributed by atoms with Crippen LogP contribution in [0.4, 0.5) is 21.8 Å². The molecule has 0 aliphatic rings. The summed E-state index contributed by atoms with van der Waals surface area (Å²) in [4.78, 5) is 8.43. The van der Waals surface area contributed by atoms with Gasteiger partial charge in [-0.3, -0.25) is 4.68 Å². The van der Waals surface area contributed by atoms with Gasteiger partial charge in [-0.05, 0) is 17.7 Å². The first kappa shape index (κ1) is 17.1. The maximum Gasteiger partial charge on any atom is 0.229 e. The molecule has 0 saturated carbocycles. The van der Waals surface area contributed by atoms with Gasteiger partial charge < -0.3 is 15.7 Å². The number of hydrogen-bond donors (Lipinski definition) is 3. The molecule has 2 heterocycles. The van der Waals surface area contributed by atoms with Gasteiger partial charge in [0.2, 0.25) is 5.95 Å². The molecule has 2 aromatic heterocycles. The summed E-state index contributed by atoms with van der Waals surface area (Å²) in [6.07, 6.45) is 4.81. The van der Waals surface area contributed by atoms with Gasteiger partial charge in [0.15, 0.2) is 5.82 Å². The van der Waals surface area contributed by atoms with Crippen molar-refractivity contribution in [3.05, 3.63) is 59.3 Å². The predicted molar refractivity (Wildman–Crippen MR) is 93.4 cm³/mol. The highest BCUT2D eigenvalue weighted by atomic mass is 35.5. The first-order valence-corrected chi connectivity index (χ1v) is 7.93. The first-order valence-electron chi connectivity index (χ1n) is 7.55. The first-order chi connectivity index (χ1) is 12.1. The summed E-state index contributed by atoms with van der Waals surface area (Å²) in [5.41, 5.74) is 1.46. The third kappa shape index (κ3) is 4.65. The number of nitrogens with zero attached hydrogens (tertiary/aromatic N) is 4. The summed E-state index contributed by atoms with van der Waals surface area (Å²) in [7, 11) is 0. The molecule has 0 unspecified atom stereocenters. The fraction of sp³-hybridized carbons (Fsp3) is 0.188. The third-order valence-corrected chi connectivity index (χ3v) is 3.59. The van der Waals surface area contributed by atoms with Gasteiger partial charge in [-0.15, -0.1) is 0 Å². The lowest BCUT2D eigenvalue weighted by Gasteiger charge is -2.09. The Labute approximate surface area is 148 Å². The van der Waals surface area contributed by atoms with E-state index < -0.39 is 0 Å². The Morgan fingerprint density at radius 1 is 1.28 bits per heavy atom. The fourth-order valence-electron chi connectivity index (χ4n) is 2.17. The van der Waals surface area contributed by atoms with Crippen LogP contribution in [-0.2, 0) is 13.1 Å². The predicted octanol–water partition coefficient (Wildman–Crippen LogP) is 2.81. The molecular formula is C16H16ClFN6O. The second-order valence-electron chi connectivity index (χ2n) is 5.21. The molecule has 7 nitrogen and oxygen atoms in total. The lowest BCUT2D eigenvalue weighted by Crippen LogP contribution is -2.05. The van der Waals surface area contributed by atoms with Crippen LogP contribution in [0.1, 0.15) is 5.56 Å². The molecular weight excluding hydrogens is 347 g/mol. The van der Waals surface area contributed by atoms with Gasteiger partial charge >= 0.3 is 0 Å². The van der Waals surface area contributed by atoms with Gasteiger partial charge in [-0.2, -0.15) is 10.1 Å². The number of halogens is 2. The van der Waals surface area contributed by atoms with Crippen molar-refractivity contribution in [3.8, 4) is 0 Å². The van der Waals surface area contributed by atoms with Gasteiger partial charge in [0.1, 0.15) is 10.8 Å². The quantitative estimate of drug-likeness (QED) is 0.599. The van der Waals surface area contributed by atoms with Crippen molar-refractivity contribution >= 4 is 29.1 Å². The molecule has 1 aromatic carbocycles. The molecule has 9 heteroatoms. The van der Waals surface area contributed by atoms with Crippen molar-refractivity contribution in [1.82, 2.24) is 19.7 Å². The van der Waals surface area contributed by atoms with Crippen molar-refractivity contribution in [3.63, 3.8) is 0 Å². The van der Waals surface area contributed by atoms with E-state index in [9.17, 15) is 4.39 Å². The second kappa shape index (κ2) is 7.91. The molecule has 3 rings (SSSR count). The summed E-state index contributed by atoms with van der Waals surface area (Å²) >= 11 is 6.11. The molecule has 0 spiro atoms. The Morgan fingerprint density at radius 2 is 2.16 bits per heavy atom. The van der Waals surface area contributed by atoms with Crippen molar-refractivity contribution in [2.45, 2.75) is 13.1 Å². The van der Waals surface area contributed by atoms with Crippen molar-refractivity contribution < 1.29 is 9.50 Å². The second-order valence-corrected chi connectivity index (χ2v) is 5.62. The van der Waals surface area contributed by atoms with Crippen LogP contribution < -0.4 is 10.6 Å². The highest BCUT2D eigenvalue weighted by Crippen LogP contribution is 2.22. The summed E-state index contributed by atoms with van der Waals surface area (Å²) < 4.78 is 14.8. The molecule has 0 aliphatic carbocycles. The number of anilines is 3. The van der Waals surface area contributed by atoms with Gasteiger partial charge in [-0.1, -0.05) is 23.7 Å². The molecule has 0 saturated heterocycles. The number of aromatic nitrogens is 4. The molecule has 0 radical (unpaired) electrons.